The van der Waals surface area contributed by atoms with E-state index >= 15 is 0 Å². The molecule has 2 aliphatic rings. The number of nitrogens with one attached hydrogen (secondary N) is 2. The minimum absolute atomic E-state index is 0.0185. The number of aryl methyl sites for hydroxylation is 2. The van der Waals surface area contributed by atoms with Gasteiger partial charge in [0.05, 0.1) is 31.6 Å². The van der Waals surface area contributed by atoms with E-state index in [-0.39, 0.29) is 17.7 Å². The van der Waals surface area contributed by atoms with Crippen molar-refractivity contribution >= 4 is 17.2 Å². The maximum absolute atomic E-state index is 13.8. The highest BCUT2D eigenvalue weighted by atomic mass is 16.5. The topological polar surface area (TPSA) is 72.5 Å². The molecular formula is C28H29N3O3. The highest BCUT2D eigenvalue weighted by Crippen LogP contribution is 2.46. The summed E-state index contributed by atoms with van der Waals surface area (Å²) >= 11 is 0. The summed E-state index contributed by atoms with van der Waals surface area (Å²) < 4.78 is 11.1. The molecule has 5 rings (SSSR count). The SMILES string of the molecule is COc1ccc(OC)c([C@@H]2CC(=O)C3=C(C2)Nc2cc(C)c(C)cc2N[C@H]3c2ccncc2)c1. The Morgan fingerprint density at radius 2 is 1.65 bits per heavy atom. The predicted molar refractivity (Wildman–Crippen MR) is 134 cm³/mol. The molecule has 2 aromatic carbocycles. The van der Waals surface area contributed by atoms with Crippen molar-refractivity contribution in [2.75, 3.05) is 24.9 Å². The van der Waals surface area contributed by atoms with Gasteiger partial charge in [-0.1, -0.05) is 0 Å². The normalized spacial score (nSPS) is 19.4. The van der Waals surface area contributed by atoms with Gasteiger partial charge in [0.25, 0.3) is 0 Å². The molecule has 0 fully saturated rings. The zero-order valence-electron chi connectivity index (χ0n) is 19.9. The second-order valence-electron chi connectivity index (χ2n) is 8.99. The molecule has 2 heterocycles. The molecule has 0 unspecified atom stereocenters. The first-order valence-electron chi connectivity index (χ1n) is 11.5. The van der Waals surface area contributed by atoms with Gasteiger partial charge in [0.1, 0.15) is 11.5 Å². The Morgan fingerprint density at radius 1 is 0.912 bits per heavy atom. The van der Waals surface area contributed by atoms with Gasteiger partial charge in [-0.3, -0.25) is 9.78 Å². The number of anilines is 2. The number of ketones is 1. The zero-order chi connectivity index (χ0) is 23.8. The number of hydrogen-bond donors (Lipinski definition) is 2. The van der Waals surface area contributed by atoms with E-state index in [0.717, 1.165) is 45.3 Å². The standard InChI is InChI=1S/C28H29N3O3/c1-16-11-22-23(12-17(16)2)31-28(18-7-9-29-10-8-18)27-24(30-22)13-19(14-25(27)32)21-15-20(33-3)5-6-26(21)34-4/h5-12,15,19,28,30-31H,13-14H2,1-4H3/t19-,28-/m0/s1. The summed E-state index contributed by atoms with van der Waals surface area (Å²) in [5.41, 5.74) is 8.11. The molecule has 0 amide bonds. The fourth-order valence-electron chi connectivity index (χ4n) is 5.00. The van der Waals surface area contributed by atoms with Crippen molar-refractivity contribution in [3.8, 4) is 11.5 Å². The molecule has 1 aromatic heterocycles. The van der Waals surface area contributed by atoms with E-state index < -0.39 is 0 Å². The van der Waals surface area contributed by atoms with E-state index in [2.05, 4.69) is 41.6 Å². The van der Waals surface area contributed by atoms with Gasteiger partial charge in [0.2, 0.25) is 0 Å². The third-order valence-corrected chi connectivity index (χ3v) is 6.93. The second-order valence-corrected chi connectivity index (χ2v) is 8.99. The Kier molecular flexibility index (Phi) is 5.74. The van der Waals surface area contributed by atoms with Crippen molar-refractivity contribution in [1.29, 1.82) is 0 Å². The van der Waals surface area contributed by atoms with Crippen LogP contribution in [-0.4, -0.2) is 25.0 Å². The van der Waals surface area contributed by atoms with Gasteiger partial charge in [0, 0.05) is 41.6 Å². The number of benzene rings is 2. The van der Waals surface area contributed by atoms with Crippen molar-refractivity contribution in [3.63, 3.8) is 0 Å². The second kappa shape index (κ2) is 8.86. The fraction of sp³-hybridized carbons (Fsp3) is 0.286. The van der Waals surface area contributed by atoms with E-state index in [1.807, 2.05) is 30.3 Å². The number of aromatic nitrogens is 1. The van der Waals surface area contributed by atoms with Crippen LogP contribution in [0.15, 0.2) is 66.1 Å². The number of carbonyl (C=O) groups excluding carboxylic acids is 1. The van der Waals surface area contributed by atoms with Crippen molar-refractivity contribution in [2.45, 2.75) is 38.6 Å². The predicted octanol–water partition coefficient (Wildman–Crippen LogP) is 5.70. The number of fused-ring (bicyclic) bond motifs is 1. The molecule has 0 saturated carbocycles. The van der Waals surface area contributed by atoms with E-state index in [9.17, 15) is 4.79 Å². The Balaban J connectivity index is 1.63. The summed E-state index contributed by atoms with van der Waals surface area (Å²) in [5.74, 6) is 1.63. The lowest BCUT2D eigenvalue weighted by molar-refractivity contribution is -0.116. The van der Waals surface area contributed by atoms with Crippen LogP contribution in [0.3, 0.4) is 0 Å². The summed E-state index contributed by atoms with van der Waals surface area (Å²) in [7, 11) is 3.31. The van der Waals surface area contributed by atoms with Gasteiger partial charge in [-0.15, -0.1) is 0 Å². The summed E-state index contributed by atoms with van der Waals surface area (Å²) in [4.78, 5) is 17.9. The molecule has 174 valence electrons. The maximum atomic E-state index is 13.8. The third-order valence-electron chi connectivity index (χ3n) is 6.93. The lowest BCUT2D eigenvalue weighted by Crippen LogP contribution is -2.27. The molecule has 1 aliphatic heterocycles. The average Bonchev–Trinajstić information content (AvgIpc) is 3.01. The Morgan fingerprint density at radius 3 is 2.35 bits per heavy atom. The zero-order valence-corrected chi connectivity index (χ0v) is 19.9. The van der Waals surface area contributed by atoms with Crippen LogP contribution in [0.25, 0.3) is 0 Å². The number of ether oxygens (including phenoxy) is 2. The minimum atomic E-state index is -0.255. The van der Waals surface area contributed by atoms with Crippen LogP contribution in [0, 0.1) is 13.8 Å². The number of methoxy groups -OCH3 is 2. The van der Waals surface area contributed by atoms with E-state index in [0.29, 0.717) is 12.8 Å². The summed E-state index contributed by atoms with van der Waals surface area (Å²) in [6, 6.07) is 13.8. The molecule has 1 aliphatic carbocycles. The molecule has 0 radical (unpaired) electrons. The molecule has 6 heteroatoms. The lowest BCUT2D eigenvalue weighted by Gasteiger charge is -2.30. The number of carbonyl (C=O) groups is 1. The largest absolute Gasteiger partial charge is 0.497 e. The highest BCUT2D eigenvalue weighted by molar-refractivity contribution is 6.01. The minimum Gasteiger partial charge on any atom is -0.497 e. The smallest absolute Gasteiger partial charge is 0.163 e. The summed E-state index contributed by atoms with van der Waals surface area (Å²) in [6.45, 7) is 4.21. The fourth-order valence-corrected chi connectivity index (χ4v) is 5.00. The van der Waals surface area contributed by atoms with Crippen molar-refractivity contribution in [1.82, 2.24) is 4.98 Å². The van der Waals surface area contributed by atoms with Gasteiger partial charge >= 0.3 is 0 Å². The molecule has 6 nitrogen and oxygen atoms in total. The van der Waals surface area contributed by atoms with Gasteiger partial charge in [-0.2, -0.15) is 0 Å². The third kappa shape index (κ3) is 3.89. The average molecular weight is 456 g/mol. The molecule has 3 aromatic rings. The van der Waals surface area contributed by atoms with Gasteiger partial charge in [0.15, 0.2) is 5.78 Å². The molecule has 2 N–H and O–H groups in total. The van der Waals surface area contributed by atoms with E-state index in [1.165, 1.54) is 11.1 Å². The number of hydrogen-bond acceptors (Lipinski definition) is 6. The van der Waals surface area contributed by atoms with Gasteiger partial charge in [-0.25, -0.2) is 0 Å². The van der Waals surface area contributed by atoms with Crippen molar-refractivity contribution < 1.29 is 14.3 Å². The van der Waals surface area contributed by atoms with E-state index in [4.69, 9.17) is 9.47 Å². The van der Waals surface area contributed by atoms with Crippen LogP contribution >= 0.6 is 0 Å². The number of rotatable bonds is 4. The van der Waals surface area contributed by atoms with Gasteiger partial charge in [-0.05, 0) is 79.4 Å². The first kappa shape index (κ1) is 22.0. The first-order chi connectivity index (χ1) is 16.5. The first-order valence-corrected chi connectivity index (χ1v) is 11.5. The molecule has 2 atom stereocenters. The number of pyridine rings is 1. The summed E-state index contributed by atoms with van der Waals surface area (Å²) in [5, 5.41) is 7.29. The Hall–Kier alpha value is -3.80. The quantitative estimate of drug-likeness (QED) is 0.526. The molecule has 0 bridgehead atoms. The molecule has 0 saturated heterocycles. The maximum Gasteiger partial charge on any atom is 0.163 e. The van der Waals surface area contributed by atoms with Crippen LogP contribution in [-0.2, 0) is 4.79 Å². The molecular weight excluding hydrogens is 426 g/mol. The monoisotopic (exact) mass is 455 g/mol. The number of allylic oxidation sites excluding steroid dienone is 1. The number of nitrogens with zero attached hydrogens (tertiary/aromatic N) is 1. The Labute approximate surface area is 200 Å². The van der Waals surface area contributed by atoms with Crippen LogP contribution in [0.1, 0.15) is 47.1 Å². The van der Waals surface area contributed by atoms with Crippen molar-refractivity contribution in [3.05, 3.63) is 88.4 Å². The number of Topliss-reactive ketones (excluding diaryl/α,β-unsaturated/α-hetero) is 1. The van der Waals surface area contributed by atoms with Gasteiger partial charge < -0.3 is 20.1 Å². The Bertz CT molecular complexity index is 1280. The highest BCUT2D eigenvalue weighted by Gasteiger charge is 2.37. The van der Waals surface area contributed by atoms with Crippen molar-refractivity contribution in [2.24, 2.45) is 0 Å². The molecule has 0 spiro atoms. The van der Waals surface area contributed by atoms with Crippen LogP contribution in [0.5, 0.6) is 11.5 Å². The summed E-state index contributed by atoms with van der Waals surface area (Å²) in [6.07, 6.45) is 4.64. The van der Waals surface area contributed by atoms with Crippen LogP contribution in [0.2, 0.25) is 0 Å². The molecule has 34 heavy (non-hydrogen) atoms. The van der Waals surface area contributed by atoms with Crippen LogP contribution < -0.4 is 20.1 Å². The van der Waals surface area contributed by atoms with E-state index in [1.54, 1.807) is 26.6 Å². The lowest BCUT2D eigenvalue weighted by atomic mass is 9.78. The van der Waals surface area contributed by atoms with Crippen LogP contribution in [0.4, 0.5) is 11.4 Å².